The maximum absolute atomic E-state index is 6.14. The van der Waals surface area contributed by atoms with E-state index in [0.29, 0.717) is 0 Å². The molecule has 7 rings (SSSR count). The molecule has 134 valence electrons. The van der Waals surface area contributed by atoms with Crippen LogP contribution in [0.15, 0.2) is 89.6 Å². The molecule has 0 amide bonds. The fraction of sp³-hybridized carbons (Fsp3) is 0. The topological polar surface area (TPSA) is 38.9 Å². The number of rotatable bonds is 0. The Labute approximate surface area is 165 Å². The average molecular weight is 370 g/mol. The molecular formula is C26H14N2O. The monoisotopic (exact) mass is 370 g/mol. The van der Waals surface area contributed by atoms with Crippen LogP contribution in [-0.4, -0.2) is 9.97 Å². The Kier molecular flexibility index (Phi) is 2.74. The summed E-state index contributed by atoms with van der Waals surface area (Å²) < 4.78 is 6.14. The molecule has 0 bridgehead atoms. The third kappa shape index (κ3) is 1.96. The number of hydrogen-bond donors (Lipinski definition) is 0. The summed E-state index contributed by atoms with van der Waals surface area (Å²) in [5.41, 5.74) is 3.62. The number of benzene rings is 5. The molecule has 2 heterocycles. The first-order valence-electron chi connectivity index (χ1n) is 9.67. The van der Waals surface area contributed by atoms with E-state index in [0.717, 1.165) is 43.7 Å². The summed E-state index contributed by atoms with van der Waals surface area (Å²) in [6.45, 7) is 0. The van der Waals surface area contributed by atoms with Crippen molar-refractivity contribution in [1.82, 2.24) is 9.97 Å². The van der Waals surface area contributed by atoms with Crippen molar-refractivity contribution in [2.75, 3.05) is 0 Å². The molecule has 0 saturated carbocycles. The standard InChI is InChI=1S/C26H14N2O/c1-2-6-16-12-21-18(11-15(16)5-1)19-13-20-17-7-3-4-8-23(17)29-24(20)14-22(19)26-25(21)27-9-10-28-26/h1-14H. The van der Waals surface area contributed by atoms with Gasteiger partial charge < -0.3 is 4.42 Å². The third-order valence-corrected chi connectivity index (χ3v) is 5.90. The Bertz CT molecular complexity index is 1760. The minimum Gasteiger partial charge on any atom is -0.456 e. The zero-order chi connectivity index (χ0) is 18.9. The van der Waals surface area contributed by atoms with Gasteiger partial charge in [-0.3, -0.25) is 9.97 Å². The van der Waals surface area contributed by atoms with Gasteiger partial charge in [-0.05, 0) is 51.9 Å². The molecular weight excluding hydrogens is 356 g/mol. The van der Waals surface area contributed by atoms with Crippen LogP contribution in [0.5, 0.6) is 0 Å². The Hall–Kier alpha value is -3.98. The molecule has 0 aliphatic heterocycles. The van der Waals surface area contributed by atoms with Gasteiger partial charge in [-0.25, -0.2) is 0 Å². The summed E-state index contributed by atoms with van der Waals surface area (Å²) in [5.74, 6) is 0. The number of hydrogen-bond acceptors (Lipinski definition) is 3. The quantitative estimate of drug-likeness (QED) is 0.213. The second-order valence-electron chi connectivity index (χ2n) is 7.49. The highest BCUT2D eigenvalue weighted by Gasteiger charge is 2.15. The summed E-state index contributed by atoms with van der Waals surface area (Å²) in [6, 6.07) is 25.5. The van der Waals surface area contributed by atoms with Crippen LogP contribution in [0.3, 0.4) is 0 Å². The van der Waals surface area contributed by atoms with Gasteiger partial charge in [-0.15, -0.1) is 0 Å². The van der Waals surface area contributed by atoms with Crippen molar-refractivity contribution >= 4 is 65.3 Å². The van der Waals surface area contributed by atoms with E-state index in [9.17, 15) is 0 Å². The lowest BCUT2D eigenvalue weighted by atomic mass is 9.95. The van der Waals surface area contributed by atoms with Crippen molar-refractivity contribution in [1.29, 1.82) is 0 Å². The van der Waals surface area contributed by atoms with E-state index in [1.54, 1.807) is 12.4 Å². The molecule has 0 aliphatic carbocycles. The number of nitrogens with zero attached hydrogens (tertiary/aromatic N) is 2. The minimum atomic E-state index is 0.880. The van der Waals surface area contributed by atoms with E-state index in [4.69, 9.17) is 14.4 Å². The fourth-order valence-corrected chi connectivity index (χ4v) is 4.58. The third-order valence-electron chi connectivity index (χ3n) is 5.90. The Morgan fingerprint density at radius 1 is 0.483 bits per heavy atom. The molecule has 0 N–H and O–H groups in total. The van der Waals surface area contributed by atoms with E-state index >= 15 is 0 Å². The van der Waals surface area contributed by atoms with E-state index in [-0.39, 0.29) is 0 Å². The number of fused-ring (bicyclic) bond motifs is 10. The van der Waals surface area contributed by atoms with Gasteiger partial charge in [-0.1, -0.05) is 42.5 Å². The van der Waals surface area contributed by atoms with Crippen molar-refractivity contribution < 1.29 is 4.42 Å². The van der Waals surface area contributed by atoms with Gasteiger partial charge in [0.1, 0.15) is 11.2 Å². The maximum Gasteiger partial charge on any atom is 0.136 e. The normalized spacial score (nSPS) is 12.1. The van der Waals surface area contributed by atoms with Crippen LogP contribution in [-0.2, 0) is 0 Å². The first-order valence-corrected chi connectivity index (χ1v) is 9.67. The highest BCUT2D eigenvalue weighted by atomic mass is 16.3. The summed E-state index contributed by atoms with van der Waals surface area (Å²) >= 11 is 0. The Balaban J connectivity index is 1.80. The molecule has 0 saturated heterocycles. The fourth-order valence-electron chi connectivity index (χ4n) is 4.58. The Morgan fingerprint density at radius 3 is 1.90 bits per heavy atom. The zero-order valence-corrected chi connectivity index (χ0v) is 15.4. The predicted octanol–water partition coefficient (Wildman–Crippen LogP) is 6.99. The van der Waals surface area contributed by atoms with Crippen molar-refractivity contribution in [2.24, 2.45) is 0 Å². The first-order chi connectivity index (χ1) is 14.4. The van der Waals surface area contributed by atoms with E-state index in [1.165, 1.54) is 21.5 Å². The molecule has 2 aromatic heterocycles. The van der Waals surface area contributed by atoms with Gasteiger partial charge in [-0.2, -0.15) is 0 Å². The SMILES string of the molecule is c1ccc2cc3c(cc2c1)c1cc2c(cc1c1nccnc31)oc1ccccc12. The van der Waals surface area contributed by atoms with Crippen molar-refractivity contribution in [3.63, 3.8) is 0 Å². The second-order valence-corrected chi connectivity index (χ2v) is 7.49. The van der Waals surface area contributed by atoms with E-state index < -0.39 is 0 Å². The molecule has 0 fully saturated rings. The average Bonchev–Trinajstić information content (AvgIpc) is 3.15. The smallest absolute Gasteiger partial charge is 0.136 e. The molecule has 29 heavy (non-hydrogen) atoms. The lowest BCUT2D eigenvalue weighted by Crippen LogP contribution is -1.89. The summed E-state index contributed by atoms with van der Waals surface area (Å²) in [5, 5.41) is 9.27. The molecule has 3 heteroatoms. The molecule has 0 atom stereocenters. The molecule has 0 radical (unpaired) electrons. The maximum atomic E-state index is 6.14. The van der Waals surface area contributed by atoms with Crippen LogP contribution >= 0.6 is 0 Å². The van der Waals surface area contributed by atoms with Crippen LogP contribution < -0.4 is 0 Å². The number of para-hydroxylation sites is 1. The molecule has 0 aliphatic rings. The van der Waals surface area contributed by atoms with Gasteiger partial charge in [0.15, 0.2) is 0 Å². The van der Waals surface area contributed by atoms with Gasteiger partial charge in [0, 0.05) is 33.9 Å². The highest BCUT2D eigenvalue weighted by molar-refractivity contribution is 6.28. The van der Waals surface area contributed by atoms with Crippen LogP contribution in [0.1, 0.15) is 0 Å². The van der Waals surface area contributed by atoms with Crippen molar-refractivity contribution in [3.05, 3.63) is 85.2 Å². The second kappa shape index (κ2) is 5.30. The van der Waals surface area contributed by atoms with Crippen LogP contribution in [0, 0.1) is 0 Å². The van der Waals surface area contributed by atoms with Gasteiger partial charge in [0.25, 0.3) is 0 Å². The van der Waals surface area contributed by atoms with Crippen LogP contribution in [0.25, 0.3) is 65.3 Å². The van der Waals surface area contributed by atoms with E-state index in [1.807, 2.05) is 12.1 Å². The summed E-state index contributed by atoms with van der Waals surface area (Å²) in [6.07, 6.45) is 3.53. The molecule has 0 unspecified atom stereocenters. The van der Waals surface area contributed by atoms with Gasteiger partial charge in [0.2, 0.25) is 0 Å². The molecule has 3 nitrogen and oxygen atoms in total. The van der Waals surface area contributed by atoms with Gasteiger partial charge in [0.05, 0.1) is 11.0 Å². The lowest BCUT2D eigenvalue weighted by molar-refractivity contribution is 0.669. The van der Waals surface area contributed by atoms with Gasteiger partial charge >= 0.3 is 0 Å². The lowest BCUT2D eigenvalue weighted by Gasteiger charge is -2.10. The number of furan rings is 1. The molecule has 0 spiro atoms. The predicted molar refractivity (Wildman–Crippen MR) is 119 cm³/mol. The Morgan fingerprint density at radius 2 is 1.10 bits per heavy atom. The minimum absolute atomic E-state index is 0.880. The van der Waals surface area contributed by atoms with Crippen molar-refractivity contribution in [2.45, 2.75) is 0 Å². The summed E-state index contributed by atoms with van der Waals surface area (Å²) in [7, 11) is 0. The first kappa shape index (κ1) is 15.0. The summed E-state index contributed by atoms with van der Waals surface area (Å²) in [4.78, 5) is 9.39. The van der Waals surface area contributed by atoms with E-state index in [2.05, 4.69) is 60.7 Å². The number of aromatic nitrogens is 2. The molecule has 7 aromatic rings. The molecule has 5 aromatic carbocycles. The van der Waals surface area contributed by atoms with Crippen molar-refractivity contribution in [3.8, 4) is 0 Å². The van der Waals surface area contributed by atoms with Crippen LogP contribution in [0.4, 0.5) is 0 Å². The largest absolute Gasteiger partial charge is 0.456 e. The van der Waals surface area contributed by atoms with Crippen LogP contribution in [0.2, 0.25) is 0 Å². The zero-order valence-electron chi connectivity index (χ0n) is 15.4. The highest BCUT2D eigenvalue weighted by Crippen LogP contribution is 2.39.